The highest BCUT2D eigenvalue weighted by molar-refractivity contribution is 5.73. The highest BCUT2D eigenvalue weighted by Crippen LogP contribution is 2.67. The fourth-order valence-electron chi connectivity index (χ4n) is 8.42. The molecule has 1 aromatic rings. The lowest BCUT2D eigenvalue weighted by molar-refractivity contribution is -0.139. The molecule has 3 N–H and O–H groups in total. The molecule has 4 aliphatic carbocycles. The number of carboxylic acids is 1. The maximum Gasteiger partial charge on any atom is 0.335 e. The van der Waals surface area contributed by atoms with Crippen LogP contribution in [0.25, 0.3) is 0 Å². The normalized spacial score (nSPS) is 41.7. The molecule has 3 fully saturated rings. The Morgan fingerprint density at radius 1 is 1.22 bits per heavy atom. The Balaban J connectivity index is 1.34. The number of aliphatic carboxylic acids is 1. The topological polar surface area (TPSA) is 93.5 Å². The van der Waals surface area contributed by atoms with Gasteiger partial charge in [0.2, 0.25) is 0 Å². The average molecular weight is 440 g/mol. The van der Waals surface area contributed by atoms with Crippen LogP contribution in [-0.2, 0) is 4.79 Å². The molecular formula is C27H37NO4. The Morgan fingerprint density at radius 3 is 2.75 bits per heavy atom. The van der Waals surface area contributed by atoms with Gasteiger partial charge < -0.3 is 15.3 Å². The summed E-state index contributed by atoms with van der Waals surface area (Å²) in [5.41, 5.74) is 8.93. The van der Waals surface area contributed by atoms with E-state index in [1.165, 1.54) is 32.1 Å². The molecule has 5 heteroatoms. The van der Waals surface area contributed by atoms with E-state index < -0.39 is 12.0 Å². The lowest BCUT2D eigenvalue weighted by Gasteiger charge is -2.60. The zero-order chi connectivity index (χ0) is 22.7. The molecule has 0 bridgehead atoms. The molecule has 3 saturated carbocycles. The van der Waals surface area contributed by atoms with Gasteiger partial charge in [-0.2, -0.15) is 0 Å². The van der Waals surface area contributed by atoms with E-state index in [1.54, 1.807) is 17.9 Å². The quantitative estimate of drug-likeness (QED) is 0.636. The van der Waals surface area contributed by atoms with Crippen LogP contribution in [0, 0.1) is 34.5 Å². The minimum Gasteiger partial charge on any atom is -0.480 e. The molecule has 0 aliphatic heterocycles. The Hall–Kier alpha value is -1.88. The molecule has 0 saturated heterocycles. The molecule has 0 aromatic carbocycles. The third-order valence-electron chi connectivity index (χ3n) is 10.2. The van der Waals surface area contributed by atoms with Gasteiger partial charge in [-0.1, -0.05) is 25.5 Å². The van der Waals surface area contributed by atoms with E-state index in [0.29, 0.717) is 35.5 Å². The monoisotopic (exact) mass is 439 g/mol. The number of hydrogen-bond donors (Lipinski definition) is 2. The lowest BCUT2D eigenvalue weighted by Crippen LogP contribution is -2.51. The molecular weight excluding hydrogens is 402 g/mol. The maximum atomic E-state index is 11.5. The summed E-state index contributed by atoms with van der Waals surface area (Å²) in [6.07, 6.45) is 14.3. The Kier molecular flexibility index (Phi) is 5.39. The third-order valence-corrected chi connectivity index (χ3v) is 10.2. The second-order valence-corrected chi connectivity index (χ2v) is 11.6. The van der Waals surface area contributed by atoms with Crippen LogP contribution in [0.2, 0.25) is 0 Å². The van der Waals surface area contributed by atoms with E-state index in [-0.39, 0.29) is 11.0 Å². The fraction of sp³-hybridized carbons (Fsp3) is 0.704. The summed E-state index contributed by atoms with van der Waals surface area (Å²) in [6.45, 7) is 4.97. The van der Waals surface area contributed by atoms with Crippen molar-refractivity contribution in [3.05, 3.63) is 46.0 Å². The molecule has 1 heterocycles. The van der Waals surface area contributed by atoms with Gasteiger partial charge >= 0.3 is 11.6 Å². The molecule has 5 rings (SSSR count). The van der Waals surface area contributed by atoms with Crippen LogP contribution in [0.1, 0.15) is 83.1 Å². The van der Waals surface area contributed by atoms with Crippen molar-refractivity contribution in [1.82, 2.24) is 0 Å². The van der Waals surface area contributed by atoms with Crippen LogP contribution in [-0.4, -0.2) is 17.1 Å². The first-order valence-electron chi connectivity index (χ1n) is 12.5. The Bertz CT molecular complexity index is 962. The largest absolute Gasteiger partial charge is 0.480 e. The van der Waals surface area contributed by atoms with Crippen molar-refractivity contribution in [2.24, 2.45) is 40.2 Å². The summed E-state index contributed by atoms with van der Waals surface area (Å²) in [5, 5.41) is 9.23. The van der Waals surface area contributed by atoms with Crippen molar-refractivity contribution in [2.45, 2.75) is 83.6 Å². The molecule has 4 aliphatic rings. The van der Waals surface area contributed by atoms with Crippen molar-refractivity contribution < 1.29 is 14.3 Å². The van der Waals surface area contributed by atoms with Crippen LogP contribution in [0.5, 0.6) is 0 Å². The van der Waals surface area contributed by atoms with E-state index in [0.717, 1.165) is 30.7 Å². The SMILES string of the molecule is C[C@]12CC[C@H](C[C@H](N)C(=O)O)C[C@H]1CC[C@H]1C3=CC[C@H](c4ccc(=O)oc4)[C@@]3(C)CC[C@@H]12. The summed E-state index contributed by atoms with van der Waals surface area (Å²) < 4.78 is 5.22. The van der Waals surface area contributed by atoms with E-state index >= 15 is 0 Å². The number of nitrogens with two attached hydrogens (primary N) is 1. The minimum absolute atomic E-state index is 0.162. The molecule has 0 spiro atoms. The summed E-state index contributed by atoms with van der Waals surface area (Å²) >= 11 is 0. The van der Waals surface area contributed by atoms with Crippen molar-refractivity contribution in [3.8, 4) is 0 Å². The van der Waals surface area contributed by atoms with Crippen molar-refractivity contribution >= 4 is 5.97 Å². The number of hydrogen-bond acceptors (Lipinski definition) is 4. The van der Waals surface area contributed by atoms with Gasteiger partial charge in [-0.3, -0.25) is 4.79 Å². The van der Waals surface area contributed by atoms with Gasteiger partial charge in [0.05, 0.1) is 6.26 Å². The predicted molar refractivity (Wildman–Crippen MR) is 123 cm³/mol. The second kappa shape index (κ2) is 7.86. The highest BCUT2D eigenvalue weighted by Gasteiger charge is 2.57. The average Bonchev–Trinajstić information content (AvgIpc) is 3.11. The molecule has 0 amide bonds. The van der Waals surface area contributed by atoms with Crippen LogP contribution < -0.4 is 11.4 Å². The first-order valence-corrected chi connectivity index (χ1v) is 12.5. The van der Waals surface area contributed by atoms with Crippen LogP contribution in [0.4, 0.5) is 0 Å². The van der Waals surface area contributed by atoms with Crippen molar-refractivity contribution in [1.29, 1.82) is 0 Å². The summed E-state index contributed by atoms with van der Waals surface area (Å²) in [5.74, 6) is 2.06. The minimum atomic E-state index is -0.867. The van der Waals surface area contributed by atoms with E-state index in [2.05, 4.69) is 19.9 Å². The van der Waals surface area contributed by atoms with Gasteiger partial charge in [-0.25, -0.2) is 4.79 Å². The zero-order valence-corrected chi connectivity index (χ0v) is 19.4. The number of carbonyl (C=O) groups is 1. The highest BCUT2D eigenvalue weighted by atomic mass is 16.4. The second-order valence-electron chi connectivity index (χ2n) is 11.6. The van der Waals surface area contributed by atoms with Crippen LogP contribution in [0.15, 0.2) is 39.3 Å². The Morgan fingerprint density at radius 2 is 2.03 bits per heavy atom. The van der Waals surface area contributed by atoms with Crippen molar-refractivity contribution in [2.75, 3.05) is 0 Å². The van der Waals surface area contributed by atoms with Crippen LogP contribution >= 0.6 is 0 Å². The predicted octanol–water partition coefficient (Wildman–Crippen LogP) is 5.10. The molecule has 0 unspecified atom stereocenters. The molecule has 174 valence electrons. The number of allylic oxidation sites excluding steroid dienone is 2. The molecule has 32 heavy (non-hydrogen) atoms. The van der Waals surface area contributed by atoms with Gasteiger partial charge in [-0.05, 0) is 110 Å². The molecule has 8 atom stereocenters. The van der Waals surface area contributed by atoms with E-state index in [1.807, 2.05) is 6.07 Å². The smallest absolute Gasteiger partial charge is 0.335 e. The lowest BCUT2D eigenvalue weighted by atomic mass is 9.45. The van der Waals surface area contributed by atoms with Gasteiger partial charge in [-0.15, -0.1) is 0 Å². The number of carboxylic acid groups (broad SMARTS) is 1. The number of rotatable bonds is 4. The van der Waals surface area contributed by atoms with Gasteiger partial charge in [0.1, 0.15) is 6.04 Å². The maximum absolute atomic E-state index is 11.5. The number of fused-ring (bicyclic) bond motifs is 5. The summed E-state index contributed by atoms with van der Waals surface area (Å²) in [7, 11) is 0. The third kappa shape index (κ3) is 3.39. The zero-order valence-electron chi connectivity index (χ0n) is 19.4. The van der Waals surface area contributed by atoms with E-state index in [9.17, 15) is 14.7 Å². The van der Waals surface area contributed by atoms with Gasteiger partial charge in [0.15, 0.2) is 0 Å². The molecule has 0 radical (unpaired) electrons. The summed E-state index contributed by atoms with van der Waals surface area (Å²) in [6, 6.07) is 2.80. The fourth-order valence-corrected chi connectivity index (χ4v) is 8.42. The first kappa shape index (κ1) is 21.9. The first-order chi connectivity index (χ1) is 15.2. The van der Waals surface area contributed by atoms with Crippen LogP contribution in [0.3, 0.4) is 0 Å². The summed E-state index contributed by atoms with van der Waals surface area (Å²) in [4.78, 5) is 22.7. The van der Waals surface area contributed by atoms with Gasteiger partial charge in [0.25, 0.3) is 0 Å². The Labute approximate surface area is 190 Å². The molecule has 5 nitrogen and oxygen atoms in total. The van der Waals surface area contributed by atoms with Gasteiger partial charge in [0, 0.05) is 6.07 Å². The standard InChI is InChI=1S/C27H37NO4/c1-26-11-9-16(14-23(28)25(30)31)13-18(26)4-5-19-21-7-6-20(17-3-8-24(29)32-15-17)27(21,2)12-10-22(19)26/h3,7-8,15-16,18-20,22-23H,4-6,9-14,28H2,1-2H3,(H,30,31)/t16-,18+,19-,20+,22-,23-,26-,27+/m0/s1. The molecule has 1 aromatic heterocycles. The van der Waals surface area contributed by atoms with Crippen molar-refractivity contribution in [3.63, 3.8) is 0 Å². The van der Waals surface area contributed by atoms with E-state index in [4.69, 9.17) is 10.2 Å².